The number of hydrogen-bond acceptors (Lipinski definition) is 7. The SMILES string of the molecule is C[C@@H]1CN([C@@H](C)CO)S(=O)(=O)c2ccc(C#Cc3ccccc3)cc2O[C@H]1CN(C)C(=O)Nc1ccc2c(c1)OCO2. The van der Waals surface area contributed by atoms with Gasteiger partial charge in [0, 0.05) is 48.4 Å². The van der Waals surface area contributed by atoms with Gasteiger partial charge in [-0.25, -0.2) is 13.2 Å². The molecule has 2 aliphatic heterocycles. The summed E-state index contributed by atoms with van der Waals surface area (Å²) in [6.07, 6.45) is -0.572. The van der Waals surface area contributed by atoms with Crippen LogP contribution < -0.4 is 19.5 Å². The molecule has 2 N–H and O–H groups in total. The molecule has 3 aromatic carbocycles. The van der Waals surface area contributed by atoms with Crippen molar-refractivity contribution in [3.63, 3.8) is 0 Å². The number of benzene rings is 3. The number of nitrogens with zero attached hydrogens (tertiary/aromatic N) is 2. The third-order valence-corrected chi connectivity index (χ3v) is 9.24. The van der Waals surface area contributed by atoms with Crippen molar-refractivity contribution >= 4 is 21.7 Å². The Morgan fingerprint density at radius 1 is 1.05 bits per heavy atom. The number of rotatable bonds is 5. The minimum absolute atomic E-state index is 0.0163. The Hall–Kier alpha value is -4.24. The van der Waals surface area contributed by atoms with Gasteiger partial charge in [-0.15, -0.1) is 0 Å². The summed E-state index contributed by atoms with van der Waals surface area (Å²) in [6.45, 7) is 3.58. The summed E-state index contributed by atoms with van der Waals surface area (Å²) in [4.78, 5) is 14.6. The van der Waals surface area contributed by atoms with E-state index in [1.54, 1.807) is 44.3 Å². The summed E-state index contributed by atoms with van der Waals surface area (Å²) < 4.78 is 45.9. The maximum Gasteiger partial charge on any atom is 0.321 e. The summed E-state index contributed by atoms with van der Waals surface area (Å²) >= 11 is 0. The van der Waals surface area contributed by atoms with Crippen LogP contribution in [0, 0.1) is 17.8 Å². The summed E-state index contributed by atoms with van der Waals surface area (Å²) in [5.41, 5.74) is 1.95. The zero-order chi connectivity index (χ0) is 29.9. The molecule has 2 amide bonds. The van der Waals surface area contributed by atoms with Gasteiger partial charge in [-0.2, -0.15) is 4.31 Å². The lowest BCUT2D eigenvalue weighted by molar-refractivity contribution is 0.0830. The fourth-order valence-corrected chi connectivity index (χ4v) is 6.56. The van der Waals surface area contributed by atoms with E-state index < -0.39 is 22.2 Å². The van der Waals surface area contributed by atoms with Crippen molar-refractivity contribution in [1.29, 1.82) is 0 Å². The van der Waals surface area contributed by atoms with Crippen LogP contribution in [0.25, 0.3) is 0 Å². The fraction of sp³-hybridized carbons (Fsp3) is 0.323. The zero-order valence-electron chi connectivity index (χ0n) is 23.6. The Labute approximate surface area is 245 Å². The van der Waals surface area contributed by atoms with Crippen molar-refractivity contribution in [2.24, 2.45) is 5.92 Å². The number of nitrogens with one attached hydrogen (secondary N) is 1. The van der Waals surface area contributed by atoms with Crippen molar-refractivity contribution in [2.75, 3.05) is 38.9 Å². The van der Waals surface area contributed by atoms with Crippen molar-refractivity contribution < 1.29 is 32.5 Å². The summed E-state index contributed by atoms with van der Waals surface area (Å²) in [7, 11) is -2.36. The van der Waals surface area contributed by atoms with E-state index in [2.05, 4.69) is 17.2 Å². The molecule has 5 rings (SSSR count). The first-order valence-corrected chi connectivity index (χ1v) is 15.0. The molecule has 0 aromatic heterocycles. The summed E-state index contributed by atoms with van der Waals surface area (Å²) in [6, 6.07) is 18.3. The van der Waals surface area contributed by atoms with E-state index in [1.807, 2.05) is 37.3 Å². The third-order valence-electron chi connectivity index (χ3n) is 7.22. The quantitative estimate of drug-likeness (QED) is 0.434. The number of anilines is 1. The van der Waals surface area contributed by atoms with Gasteiger partial charge in [0.25, 0.3) is 0 Å². The lowest BCUT2D eigenvalue weighted by atomic mass is 10.0. The van der Waals surface area contributed by atoms with Crippen LogP contribution >= 0.6 is 0 Å². The van der Waals surface area contributed by atoms with Crippen molar-refractivity contribution in [3.8, 4) is 29.1 Å². The lowest BCUT2D eigenvalue weighted by Gasteiger charge is -2.37. The van der Waals surface area contributed by atoms with Gasteiger partial charge in [-0.05, 0) is 49.4 Å². The second kappa shape index (κ2) is 12.3. The average molecular weight is 592 g/mol. The van der Waals surface area contributed by atoms with E-state index in [0.717, 1.165) is 5.56 Å². The molecule has 2 heterocycles. The molecule has 0 radical (unpaired) electrons. The van der Waals surface area contributed by atoms with Crippen LogP contribution in [0.1, 0.15) is 25.0 Å². The molecule has 42 heavy (non-hydrogen) atoms. The topological polar surface area (TPSA) is 118 Å². The van der Waals surface area contributed by atoms with Gasteiger partial charge in [-0.1, -0.05) is 37.0 Å². The van der Waals surface area contributed by atoms with Crippen LogP contribution in [0.3, 0.4) is 0 Å². The van der Waals surface area contributed by atoms with Crippen LogP contribution in [0.4, 0.5) is 10.5 Å². The molecule has 3 atom stereocenters. The predicted molar refractivity (Wildman–Crippen MR) is 157 cm³/mol. The molecule has 0 unspecified atom stereocenters. The molecule has 0 bridgehead atoms. The smallest absolute Gasteiger partial charge is 0.321 e. The Bertz CT molecular complexity index is 1620. The number of ether oxygens (including phenoxy) is 3. The van der Waals surface area contributed by atoms with Gasteiger partial charge in [-0.3, -0.25) is 0 Å². The first-order chi connectivity index (χ1) is 20.2. The minimum Gasteiger partial charge on any atom is -0.487 e. The number of carbonyl (C=O) groups excluding carboxylic acids is 1. The van der Waals surface area contributed by atoms with Crippen molar-refractivity contribution in [2.45, 2.75) is 30.9 Å². The summed E-state index contributed by atoms with van der Waals surface area (Å²) in [5, 5.41) is 12.7. The highest BCUT2D eigenvalue weighted by Gasteiger charge is 2.38. The standard InChI is InChI=1S/C31H33N3O7S/c1-21-17-34(22(2)19-35)42(37,38)30-14-11-24(10-9-23-7-5-4-6-8-23)15-28(30)41-29(21)18-33(3)31(36)32-25-12-13-26-27(16-25)40-20-39-26/h4-8,11-16,21-22,29,35H,17-20H2,1-3H3,(H,32,36)/t21-,22+,29+/m1/s1. The van der Waals surface area contributed by atoms with E-state index in [1.165, 1.54) is 15.3 Å². The number of sulfonamides is 1. The highest BCUT2D eigenvalue weighted by Crippen LogP contribution is 2.35. The van der Waals surface area contributed by atoms with Gasteiger partial charge in [0.1, 0.15) is 16.7 Å². The van der Waals surface area contributed by atoms with Crippen molar-refractivity contribution in [1.82, 2.24) is 9.21 Å². The molecule has 11 heteroatoms. The number of aliphatic hydroxyl groups is 1. The summed E-state index contributed by atoms with van der Waals surface area (Å²) in [5.74, 6) is 7.14. The minimum atomic E-state index is -4.00. The molecule has 10 nitrogen and oxygen atoms in total. The number of fused-ring (bicyclic) bond motifs is 2. The number of carbonyl (C=O) groups is 1. The maximum atomic E-state index is 13.7. The largest absolute Gasteiger partial charge is 0.487 e. The normalized spacial score (nSPS) is 19.6. The van der Waals surface area contributed by atoms with E-state index in [9.17, 15) is 18.3 Å². The lowest BCUT2D eigenvalue weighted by Crippen LogP contribution is -2.50. The van der Waals surface area contributed by atoms with Crippen LogP contribution in [0.15, 0.2) is 71.6 Å². The number of amides is 2. The van der Waals surface area contributed by atoms with Gasteiger partial charge >= 0.3 is 6.03 Å². The number of urea groups is 1. The predicted octanol–water partition coefficient (Wildman–Crippen LogP) is 3.75. The Morgan fingerprint density at radius 2 is 1.79 bits per heavy atom. The Kier molecular flexibility index (Phi) is 8.59. The Balaban J connectivity index is 1.42. The van der Waals surface area contributed by atoms with E-state index in [4.69, 9.17) is 14.2 Å². The first-order valence-electron chi connectivity index (χ1n) is 13.6. The highest BCUT2D eigenvalue weighted by atomic mass is 32.2. The molecule has 0 saturated carbocycles. The molecule has 0 spiro atoms. The van der Waals surface area contributed by atoms with Gasteiger partial charge in [0.05, 0.1) is 13.2 Å². The van der Waals surface area contributed by atoms with Crippen molar-refractivity contribution in [3.05, 3.63) is 77.9 Å². The monoisotopic (exact) mass is 591 g/mol. The maximum absolute atomic E-state index is 13.7. The van der Waals surface area contributed by atoms with Crippen LogP contribution in [0.2, 0.25) is 0 Å². The van der Waals surface area contributed by atoms with E-state index in [-0.39, 0.29) is 49.1 Å². The highest BCUT2D eigenvalue weighted by molar-refractivity contribution is 7.89. The van der Waals surface area contributed by atoms with E-state index >= 15 is 0 Å². The van der Waals surface area contributed by atoms with Crippen LogP contribution in [-0.2, 0) is 10.0 Å². The molecule has 0 fully saturated rings. The van der Waals surface area contributed by atoms with Gasteiger partial charge in [0.15, 0.2) is 11.5 Å². The second-order valence-electron chi connectivity index (χ2n) is 10.4. The molecule has 220 valence electrons. The number of aliphatic hydroxyl groups excluding tert-OH is 1. The van der Waals surface area contributed by atoms with Gasteiger partial charge in [0.2, 0.25) is 16.8 Å². The molecule has 2 aliphatic rings. The van der Waals surface area contributed by atoms with E-state index in [0.29, 0.717) is 22.7 Å². The first kappa shape index (κ1) is 29.3. The van der Waals surface area contributed by atoms with Crippen LogP contribution in [-0.4, -0.2) is 74.4 Å². The number of hydrogen-bond donors (Lipinski definition) is 2. The molecule has 0 aliphatic carbocycles. The average Bonchev–Trinajstić information content (AvgIpc) is 3.46. The fourth-order valence-electron chi connectivity index (χ4n) is 4.73. The molecule has 3 aromatic rings. The molecular formula is C31H33N3O7S. The number of likely N-dealkylation sites (N-methyl/N-ethyl adjacent to an activating group) is 1. The second-order valence-corrected chi connectivity index (χ2v) is 12.3. The Morgan fingerprint density at radius 3 is 2.55 bits per heavy atom. The molecular weight excluding hydrogens is 558 g/mol. The third kappa shape index (κ3) is 6.31. The van der Waals surface area contributed by atoms with Gasteiger partial charge < -0.3 is 29.5 Å². The molecule has 0 saturated heterocycles. The van der Waals surface area contributed by atoms with Crippen LogP contribution in [0.5, 0.6) is 17.2 Å². The zero-order valence-corrected chi connectivity index (χ0v) is 24.4.